The molecule has 2 N–H and O–H groups in total. The van der Waals surface area contributed by atoms with Crippen LogP contribution in [0.1, 0.15) is 0 Å². The molecule has 56 valence electrons. The van der Waals surface area contributed by atoms with Gasteiger partial charge in [0.2, 0.25) is 11.3 Å². The van der Waals surface area contributed by atoms with Gasteiger partial charge in [0.1, 0.15) is 6.01 Å². The van der Waals surface area contributed by atoms with E-state index in [0.29, 0.717) is 12.3 Å². The maximum absolute atomic E-state index is 11.3. The summed E-state index contributed by atoms with van der Waals surface area (Å²) < 4.78 is 31.5. The lowest BCUT2D eigenvalue weighted by molar-refractivity contribution is 0.551. The minimum atomic E-state index is -1.95. The van der Waals surface area contributed by atoms with Crippen LogP contribution in [0.25, 0.3) is 0 Å². The second-order valence-corrected chi connectivity index (χ2v) is 2.98. The average Bonchev–Trinajstić information content (AvgIpc) is 1.80. The fourth-order valence-corrected chi connectivity index (χ4v) is 1.02. The van der Waals surface area contributed by atoms with Gasteiger partial charge < -0.3 is 0 Å². The molecule has 0 saturated heterocycles. The molecule has 0 amide bonds. The standard InChI is InChI=1S/C3H8FNO2S2/c4-3-8-2-1-5-9(6)7/h5H,1-3H2,(H,6,7). The van der Waals surface area contributed by atoms with Gasteiger partial charge in [0.15, 0.2) is 0 Å². The van der Waals surface area contributed by atoms with E-state index in [1.807, 2.05) is 0 Å². The number of hydrogen-bond acceptors (Lipinski definition) is 2. The molecule has 1 atom stereocenters. The Bertz CT molecular complexity index is 91.9. The highest BCUT2D eigenvalue weighted by molar-refractivity contribution is 7.99. The zero-order chi connectivity index (χ0) is 7.11. The number of thioether (sulfide) groups is 1. The monoisotopic (exact) mass is 173 g/mol. The van der Waals surface area contributed by atoms with Crippen molar-refractivity contribution in [3.05, 3.63) is 0 Å². The summed E-state index contributed by atoms with van der Waals surface area (Å²) >= 11 is -0.879. The minimum absolute atomic E-state index is 0.359. The Morgan fingerprint density at radius 1 is 1.78 bits per heavy atom. The molecule has 0 aliphatic carbocycles. The van der Waals surface area contributed by atoms with Gasteiger partial charge in [-0.1, -0.05) is 0 Å². The van der Waals surface area contributed by atoms with Crippen molar-refractivity contribution >= 4 is 23.0 Å². The first-order valence-electron chi connectivity index (χ1n) is 2.25. The first kappa shape index (κ1) is 9.35. The number of hydrogen-bond donors (Lipinski definition) is 2. The summed E-state index contributed by atoms with van der Waals surface area (Å²) in [5.74, 6) is 0.517. The van der Waals surface area contributed by atoms with Crippen molar-refractivity contribution in [1.82, 2.24) is 4.72 Å². The second kappa shape index (κ2) is 6.47. The van der Waals surface area contributed by atoms with E-state index in [-0.39, 0.29) is 0 Å². The zero-order valence-corrected chi connectivity index (χ0v) is 6.30. The molecular formula is C3H8FNO2S2. The Hall–Kier alpha value is 0.350. The van der Waals surface area contributed by atoms with Crippen molar-refractivity contribution in [2.45, 2.75) is 0 Å². The molecule has 0 rings (SSSR count). The summed E-state index contributed by atoms with van der Waals surface area (Å²) in [4.78, 5) is 0. The largest absolute Gasteiger partial charge is 0.294 e. The van der Waals surface area contributed by atoms with Gasteiger partial charge in [-0.05, 0) is 0 Å². The molecule has 0 aromatic heterocycles. The topological polar surface area (TPSA) is 49.3 Å². The van der Waals surface area contributed by atoms with Gasteiger partial charge in [-0.25, -0.2) is 13.3 Å². The molecule has 0 fully saturated rings. The molecule has 0 aliphatic rings. The summed E-state index contributed by atoms with van der Waals surface area (Å²) in [6, 6.07) is -0.445. The number of alkyl halides is 1. The van der Waals surface area contributed by atoms with E-state index in [0.717, 1.165) is 11.8 Å². The molecule has 3 nitrogen and oxygen atoms in total. The molecule has 0 spiro atoms. The van der Waals surface area contributed by atoms with Crippen LogP contribution in [0, 0.1) is 0 Å². The molecule has 0 aromatic rings. The SMILES string of the molecule is O=S(O)NCCSCF. The number of rotatable bonds is 5. The van der Waals surface area contributed by atoms with E-state index >= 15 is 0 Å². The Balaban J connectivity index is 2.83. The van der Waals surface area contributed by atoms with Crippen LogP contribution in [0.5, 0.6) is 0 Å². The van der Waals surface area contributed by atoms with E-state index < -0.39 is 17.3 Å². The van der Waals surface area contributed by atoms with Gasteiger partial charge in [0.05, 0.1) is 0 Å². The molecule has 0 aliphatic heterocycles. The quantitative estimate of drug-likeness (QED) is 0.466. The summed E-state index contributed by atoms with van der Waals surface area (Å²) in [5.41, 5.74) is 0. The van der Waals surface area contributed by atoms with Crippen LogP contribution in [0.4, 0.5) is 4.39 Å². The first-order chi connectivity index (χ1) is 4.27. The van der Waals surface area contributed by atoms with E-state index in [1.54, 1.807) is 0 Å². The zero-order valence-electron chi connectivity index (χ0n) is 4.67. The van der Waals surface area contributed by atoms with Gasteiger partial charge >= 0.3 is 0 Å². The van der Waals surface area contributed by atoms with Crippen molar-refractivity contribution in [3.63, 3.8) is 0 Å². The predicted molar refractivity (Wildman–Crippen MR) is 37.2 cm³/mol. The van der Waals surface area contributed by atoms with Crippen LogP contribution in [-0.4, -0.2) is 27.1 Å². The van der Waals surface area contributed by atoms with Gasteiger partial charge in [0, 0.05) is 12.3 Å². The smallest absolute Gasteiger partial charge is 0.231 e. The van der Waals surface area contributed by atoms with E-state index in [4.69, 9.17) is 4.55 Å². The van der Waals surface area contributed by atoms with E-state index in [1.165, 1.54) is 0 Å². The lowest BCUT2D eigenvalue weighted by atomic mass is 10.8. The van der Waals surface area contributed by atoms with Crippen molar-refractivity contribution in [2.24, 2.45) is 0 Å². The molecule has 1 unspecified atom stereocenters. The molecule has 0 aromatic carbocycles. The number of halogens is 1. The van der Waals surface area contributed by atoms with Crippen molar-refractivity contribution in [1.29, 1.82) is 0 Å². The van der Waals surface area contributed by atoms with Crippen LogP contribution in [0.15, 0.2) is 0 Å². The first-order valence-corrected chi connectivity index (χ1v) is 4.51. The summed E-state index contributed by atoms with van der Waals surface area (Å²) in [7, 11) is 0. The maximum Gasteiger partial charge on any atom is 0.231 e. The van der Waals surface area contributed by atoms with E-state index in [9.17, 15) is 8.60 Å². The Kier molecular flexibility index (Phi) is 6.72. The van der Waals surface area contributed by atoms with Gasteiger partial charge in [-0.15, -0.1) is 11.8 Å². The lowest BCUT2D eigenvalue weighted by Crippen LogP contribution is -2.18. The second-order valence-electron chi connectivity index (χ2n) is 1.16. The molecule has 0 saturated carbocycles. The highest BCUT2D eigenvalue weighted by Gasteiger charge is 1.89. The third kappa shape index (κ3) is 8.35. The third-order valence-electron chi connectivity index (χ3n) is 0.549. The summed E-state index contributed by atoms with van der Waals surface area (Å²) in [6.07, 6.45) is 0. The highest BCUT2D eigenvalue weighted by Crippen LogP contribution is 1.96. The maximum atomic E-state index is 11.3. The summed E-state index contributed by atoms with van der Waals surface area (Å²) in [5, 5.41) is 0. The molecule has 0 heterocycles. The van der Waals surface area contributed by atoms with Crippen LogP contribution in [0.3, 0.4) is 0 Å². The van der Waals surface area contributed by atoms with Crippen LogP contribution in [-0.2, 0) is 11.3 Å². The van der Waals surface area contributed by atoms with Gasteiger partial charge in [-0.2, -0.15) is 0 Å². The summed E-state index contributed by atoms with van der Waals surface area (Å²) in [6.45, 7) is 0.359. The van der Waals surface area contributed by atoms with Crippen molar-refractivity contribution in [2.75, 3.05) is 18.3 Å². The van der Waals surface area contributed by atoms with Crippen LogP contribution in [0.2, 0.25) is 0 Å². The number of nitrogens with one attached hydrogen (secondary N) is 1. The lowest BCUT2D eigenvalue weighted by Gasteiger charge is -1.95. The van der Waals surface area contributed by atoms with Gasteiger partial charge in [0.25, 0.3) is 0 Å². The fraction of sp³-hybridized carbons (Fsp3) is 1.00. The Labute approximate surface area is 59.8 Å². The fourth-order valence-electron chi connectivity index (χ4n) is 0.256. The molecule has 0 bridgehead atoms. The van der Waals surface area contributed by atoms with Crippen molar-refractivity contribution in [3.8, 4) is 0 Å². The molecule has 9 heavy (non-hydrogen) atoms. The third-order valence-corrected chi connectivity index (χ3v) is 1.65. The Morgan fingerprint density at radius 2 is 2.44 bits per heavy atom. The molecule has 0 radical (unpaired) electrons. The average molecular weight is 173 g/mol. The van der Waals surface area contributed by atoms with Crippen LogP contribution >= 0.6 is 11.8 Å². The van der Waals surface area contributed by atoms with E-state index in [2.05, 4.69) is 4.72 Å². The minimum Gasteiger partial charge on any atom is -0.294 e. The van der Waals surface area contributed by atoms with Crippen molar-refractivity contribution < 1.29 is 13.2 Å². The van der Waals surface area contributed by atoms with Gasteiger partial charge in [-0.3, -0.25) is 4.55 Å². The normalized spacial score (nSPS) is 13.6. The molecular weight excluding hydrogens is 165 g/mol. The Morgan fingerprint density at radius 3 is 2.89 bits per heavy atom. The predicted octanol–water partition coefficient (Wildman–Crippen LogP) is 0.373. The molecule has 6 heteroatoms. The highest BCUT2D eigenvalue weighted by atomic mass is 32.2. The van der Waals surface area contributed by atoms with Crippen LogP contribution < -0.4 is 4.72 Å².